The fraction of sp³-hybridized carbons (Fsp3) is 0.136. The topological polar surface area (TPSA) is 77.5 Å². The van der Waals surface area contributed by atoms with Crippen LogP contribution in [0.3, 0.4) is 0 Å². The van der Waals surface area contributed by atoms with Crippen molar-refractivity contribution in [2.24, 2.45) is 0 Å². The number of aryl methyl sites for hydroxylation is 1. The second-order valence-electron chi connectivity index (χ2n) is 6.11. The molecular weight excluding hydrogens is 388 g/mol. The summed E-state index contributed by atoms with van der Waals surface area (Å²) in [7, 11) is 1.31. The van der Waals surface area contributed by atoms with E-state index < -0.39 is 5.97 Å². The van der Waals surface area contributed by atoms with E-state index in [4.69, 9.17) is 4.74 Å². The summed E-state index contributed by atoms with van der Waals surface area (Å²) in [6.45, 7) is 2.38. The molecule has 3 aromatic rings. The number of ether oxygens (including phenoxy) is 2. The molecule has 0 bridgehead atoms. The van der Waals surface area contributed by atoms with Crippen molar-refractivity contribution in [3.8, 4) is 5.75 Å². The first kappa shape index (κ1) is 20.3. The molecule has 1 aromatic heterocycles. The van der Waals surface area contributed by atoms with Crippen molar-refractivity contribution < 1.29 is 19.1 Å². The molecule has 0 saturated heterocycles. The first-order chi connectivity index (χ1) is 14.0. The zero-order valence-corrected chi connectivity index (χ0v) is 16.9. The number of aromatic nitrogens is 1. The van der Waals surface area contributed by atoms with Gasteiger partial charge in [0.2, 0.25) is 5.91 Å². The van der Waals surface area contributed by atoms with Crippen LogP contribution in [0.25, 0.3) is 6.08 Å². The van der Waals surface area contributed by atoms with E-state index in [1.165, 1.54) is 13.2 Å². The molecule has 1 heterocycles. The van der Waals surface area contributed by atoms with Gasteiger partial charge in [0.05, 0.1) is 23.4 Å². The third kappa shape index (κ3) is 6.02. The van der Waals surface area contributed by atoms with Crippen molar-refractivity contribution in [3.63, 3.8) is 0 Å². The normalized spacial score (nSPS) is 10.7. The van der Waals surface area contributed by atoms with Crippen LogP contribution in [0.4, 0.5) is 5.69 Å². The van der Waals surface area contributed by atoms with Crippen molar-refractivity contribution >= 4 is 35.0 Å². The second kappa shape index (κ2) is 9.66. The summed E-state index contributed by atoms with van der Waals surface area (Å²) in [4.78, 5) is 28.0. The predicted octanol–water partition coefficient (Wildman–Crippen LogP) is 4.47. The standard InChI is InChI=1S/C22H20N2O4S/c1-15-23-19(14-29-15)13-28-20-9-6-16(7-10-20)8-11-21(25)24-18-5-3-4-17(12-18)22(26)27-2/h3-12,14H,13H2,1-2H3,(H,24,25)/b11-8+. The smallest absolute Gasteiger partial charge is 0.337 e. The molecule has 0 saturated carbocycles. The first-order valence-corrected chi connectivity index (χ1v) is 9.73. The van der Waals surface area contributed by atoms with Gasteiger partial charge in [-0.25, -0.2) is 9.78 Å². The van der Waals surface area contributed by atoms with Crippen LogP contribution < -0.4 is 10.1 Å². The maximum atomic E-state index is 12.1. The fourth-order valence-corrected chi connectivity index (χ4v) is 3.10. The summed E-state index contributed by atoms with van der Waals surface area (Å²) in [6.07, 6.45) is 3.13. The zero-order chi connectivity index (χ0) is 20.6. The van der Waals surface area contributed by atoms with Gasteiger partial charge in [-0.15, -0.1) is 11.3 Å². The van der Waals surface area contributed by atoms with Crippen molar-refractivity contribution in [2.45, 2.75) is 13.5 Å². The first-order valence-electron chi connectivity index (χ1n) is 8.85. The van der Waals surface area contributed by atoms with Crippen molar-refractivity contribution in [1.29, 1.82) is 0 Å². The molecule has 0 unspecified atom stereocenters. The lowest BCUT2D eigenvalue weighted by molar-refractivity contribution is -0.111. The highest BCUT2D eigenvalue weighted by molar-refractivity contribution is 7.09. The lowest BCUT2D eigenvalue weighted by Gasteiger charge is -2.05. The summed E-state index contributed by atoms with van der Waals surface area (Å²) >= 11 is 1.59. The number of anilines is 1. The minimum Gasteiger partial charge on any atom is -0.487 e. The number of methoxy groups -OCH3 is 1. The Morgan fingerprint density at radius 1 is 1.17 bits per heavy atom. The molecule has 0 spiro atoms. The van der Waals surface area contributed by atoms with E-state index in [2.05, 4.69) is 15.0 Å². The van der Waals surface area contributed by atoms with E-state index in [0.29, 0.717) is 17.9 Å². The van der Waals surface area contributed by atoms with E-state index in [0.717, 1.165) is 22.0 Å². The highest BCUT2D eigenvalue weighted by Gasteiger charge is 2.06. The van der Waals surface area contributed by atoms with Crippen molar-refractivity contribution in [3.05, 3.63) is 81.8 Å². The third-order valence-electron chi connectivity index (χ3n) is 3.91. The van der Waals surface area contributed by atoms with Gasteiger partial charge in [0.15, 0.2) is 0 Å². The molecule has 3 rings (SSSR count). The zero-order valence-electron chi connectivity index (χ0n) is 16.0. The Bertz CT molecular complexity index is 1030. The Balaban J connectivity index is 1.54. The van der Waals surface area contributed by atoms with Crippen LogP contribution in [0.1, 0.15) is 26.6 Å². The lowest BCUT2D eigenvalue weighted by atomic mass is 10.2. The molecule has 0 aliphatic rings. The Hall–Kier alpha value is -3.45. The van der Waals surface area contributed by atoms with Gasteiger partial charge in [-0.05, 0) is 48.9 Å². The number of amides is 1. The van der Waals surface area contributed by atoms with Gasteiger partial charge in [-0.1, -0.05) is 18.2 Å². The molecule has 29 heavy (non-hydrogen) atoms. The van der Waals surface area contributed by atoms with Gasteiger partial charge < -0.3 is 14.8 Å². The maximum absolute atomic E-state index is 12.1. The quantitative estimate of drug-likeness (QED) is 0.461. The summed E-state index contributed by atoms with van der Waals surface area (Å²) in [5, 5.41) is 5.71. The van der Waals surface area contributed by atoms with E-state index in [9.17, 15) is 9.59 Å². The number of hydrogen-bond acceptors (Lipinski definition) is 6. The maximum Gasteiger partial charge on any atom is 0.337 e. The minimum atomic E-state index is -0.455. The van der Waals surface area contributed by atoms with Gasteiger partial charge in [0.25, 0.3) is 0 Å². The predicted molar refractivity (Wildman–Crippen MR) is 113 cm³/mol. The number of esters is 1. The SMILES string of the molecule is COC(=O)c1cccc(NC(=O)/C=C/c2ccc(OCc3csc(C)n3)cc2)c1. The van der Waals surface area contributed by atoms with E-state index in [-0.39, 0.29) is 5.91 Å². The monoisotopic (exact) mass is 408 g/mol. The van der Waals surface area contributed by atoms with E-state index in [1.807, 2.05) is 36.6 Å². The number of carbonyl (C=O) groups excluding carboxylic acids is 2. The molecule has 0 aliphatic carbocycles. The fourth-order valence-electron chi connectivity index (χ4n) is 2.50. The summed E-state index contributed by atoms with van der Waals surface area (Å²) in [5.74, 6) is -0.0213. The third-order valence-corrected chi connectivity index (χ3v) is 4.73. The molecule has 0 fully saturated rings. The van der Waals surface area contributed by atoms with Crippen molar-refractivity contribution in [2.75, 3.05) is 12.4 Å². The number of thiazole rings is 1. The Kier molecular flexibility index (Phi) is 6.76. The average Bonchev–Trinajstić information content (AvgIpc) is 3.16. The van der Waals surface area contributed by atoms with Crippen LogP contribution in [0.15, 0.2) is 60.0 Å². The lowest BCUT2D eigenvalue weighted by Crippen LogP contribution is -2.09. The molecule has 0 aliphatic heterocycles. The van der Waals surface area contributed by atoms with Gasteiger partial charge in [0.1, 0.15) is 12.4 Å². The number of carbonyl (C=O) groups is 2. The highest BCUT2D eigenvalue weighted by Crippen LogP contribution is 2.16. The largest absolute Gasteiger partial charge is 0.487 e. The van der Waals surface area contributed by atoms with Gasteiger partial charge >= 0.3 is 5.97 Å². The second-order valence-corrected chi connectivity index (χ2v) is 7.17. The number of nitrogens with zero attached hydrogens (tertiary/aromatic N) is 1. The molecule has 148 valence electrons. The van der Waals surface area contributed by atoms with E-state index in [1.54, 1.807) is 41.7 Å². The Labute approximate surface area is 172 Å². The van der Waals surface area contributed by atoms with Crippen LogP contribution in [-0.2, 0) is 16.1 Å². The summed E-state index contributed by atoms with van der Waals surface area (Å²) < 4.78 is 10.4. The van der Waals surface area contributed by atoms with Crippen LogP contribution in [-0.4, -0.2) is 24.0 Å². The molecule has 2 aromatic carbocycles. The highest BCUT2D eigenvalue weighted by atomic mass is 32.1. The van der Waals surface area contributed by atoms with Gasteiger partial charge in [-0.2, -0.15) is 0 Å². The Morgan fingerprint density at radius 2 is 1.97 bits per heavy atom. The Morgan fingerprint density at radius 3 is 2.66 bits per heavy atom. The summed E-state index contributed by atoms with van der Waals surface area (Å²) in [6, 6.07) is 14.0. The minimum absolute atomic E-state index is 0.300. The molecule has 6 nitrogen and oxygen atoms in total. The molecule has 1 amide bonds. The molecule has 7 heteroatoms. The van der Waals surface area contributed by atoms with Crippen LogP contribution >= 0.6 is 11.3 Å². The molecule has 1 N–H and O–H groups in total. The van der Waals surface area contributed by atoms with Gasteiger partial charge in [0, 0.05) is 17.1 Å². The van der Waals surface area contributed by atoms with Crippen LogP contribution in [0, 0.1) is 6.92 Å². The number of rotatable bonds is 7. The number of hydrogen-bond donors (Lipinski definition) is 1. The summed E-state index contributed by atoms with van der Waals surface area (Å²) in [5.41, 5.74) is 2.66. The molecule has 0 atom stereocenters. The van der Waals surface area contributed by atoms with E-state index >= 15 is 0 Å². The number of nitrogens with one attached hydrogen (secondary N) is 1. The number of benzene rings is 2. The van der Waals surface area contributed by atoms with Crippen LogP contribution in [0.5, 0.6) is 5.75 Å². The van der Waals surface area contributed by atoms with Gasteiger partial charge in [-0.3, -0.25) is 4.79 Å². The molecular formula is C22H20N2O4S. The van der Waals surface area contributed by atoms with Crippen molar-refractivity contribution in [1.82, 2.24) is 4.98 Å². The van der Waals surface area contributed by atoms with Crippen LogP contribution in [0.2, 0.25) is 0 Å². The molecule has 0 radical (unpaired) electrons. The average molecular weight is 408 g/mol.